The first-order chi connectivity index (χ1) is 10.2. The first kappa shape index (κ1) is 15.1. The summed E-state index contributed by atoms with van der Waals surface area (Å²) >= 11 is 0. The van der Waals surface area contributed by atoms with Crippen molar-refractivity contribution in [1.29, 1.82) is 0 Å². The average Bonchev–Trinajstić information content (AvgIpc) is 2.90. The molecule has 1 aromatic carbocycles. The van der Waals surface area contributed by atoms with Crippen LogP contribution in [0.2, 0.25) is 0 Å². The predicted molar refractivity (Wildman–Crippen MR) is 80.7 cm³/mol. The molecule has 0 bridgehead atoms. The van der Waals surface area contributed by atoms with E-state index in [1.54, 1.807) is 0 Å². The van der Waals surface area contributed by atoms with Gasteiger partial charge in [-0.3, -0.25) is 4.79 Å². The van der Waals surface area contributed by atoms with E-state index in [4.69, 9.17) is 0 Å². The minimum Gasteiger partial charge on any atom is -0.504 e. The highest BCUT2D eigenvalue weighted by atomic mass is 16.3. The van der Waals surface area contributed by atoms with Gasteiger partial charge in [0.15, 0.2) is 11.4 Å². The molecule has 0 aliphatic rings. The zero-order valence-corrected chi connectivity index (χ0v) is 12.0. The summed E-state index contributed by atoms with van der Waals surface area (Å²) in [5.74, 6) is -0.502. The van der Waals surface area contributed by atoms with Gasteiger partial charge in [-0.15, -0.1) is 0 Å². The van der Waals surface area contributed by atoms with E-state index in [1.807, 2.05) is 30.3 Å². The van der Waals surface area contributed by atoms with Crippen LogP contribution >= 0.6 is 0 Å². The Hall–Kier alpha value is -2.34. The van der Waals surface area contributed by atoms with Gasteiger partial charge < -0.3 is 15.7 Å². The summed E-state index contributed by atoms with van der Waals surface area (Å²) in [6.45, 7) is 4.19. The lowest BCUT2D eigenvalue weighted by Crippen LogP contribution is -2.32. The van der Waals surface area contributed by atoms with E-state index in [2.05, 4.69) is 22.7 Å². The van der Waals surface area contributed by atoms with Crippen LogP contribution in [0.5, 0.6) is 5.75 Å². The normalized spacial score (nSPS) is 10.5. The van der Waals surface area contributed by atoms with E-state index in [0.717, 1.165) is 18.7 Å². The van der Waals surface area contributed by atoms with Crippen molar-refractivity contribution < 1.29 is 9.90 Å². The van der Waals surface area contributed by atoms with Crippen molar-refractivity contribution in [3.63, 3.8) is 0 Å². The Kier molecular flexibility index (Phi) is 5.34. The third kappa shape index (κ3) is 4.06. The van der Waals surface area contributed by atoms with Gasteiger partial charge in [0.25, 0.3) is 5.91 Å². The van der Waals surface area contributed by atoms with Crippen molar-refractivity contribution in [3.8, 4) is 11.4 Å². The minimum absolute atomic E-state index is 0.0364. The Morgan fingerprint density at radius 3 is 2.71 bits per heavy atom. The maximum absolute atomic E-state index is 12.0. The molecule has 0 radical (unpaired) electrons. The van der Waals surface area contributed by atoms with Crippen LogP contribution in [0.25, 0.3) is 5.69 Å². The highest BCUT2D eigenvalue weighted by Crippen LogP contribution is 2.17. The highest BCUT2D eigenvalue weighted by Gasteiger charge is 2.16. The molecule has 2 rings (SSSR count). The number of hydrogen-bond acceptors (Lipinski definition) is 4. The number of aromatic hydroxyl groups is 1. The molecule has 0 aliphatic carbocycles. The van der Waals surface area contributed by atoms with Crippen molar-refractivity contribution in [3.05, 3.63) is 42.2 Å². The summed E-state index contributed by atoms with van der Waals surface area (Å²) in [7, 11) is 0. The van der Waals surface area contributed by atoms with Crippen LogP contribution in [0.3, 0.4) is 0 Å². The van der Waals surface area contributed by atoms with Gasteiger partial charge >= 0.3 is 0 Å². The fourth-order valence-electron chi connectivity index (χ4n) is 1.89. The van der Waals surface area contributed by atoms with Crippen LogP contribution in [-0.2, 0) is 0 Å². The highest BCUT2D eigenvalue weighted by molar-refractivity contribution is 5.94. The lowest BCUT2D eigenvalue weighted by molar-refractivity contribution is 0.0946. The summed E-state index contributed by atoms with van der Waals surface area (Å²) in [6, 6.07) is 9.33. The SMILES string of the molecule is CCCNCCNC(=O)c1nn(-c2ccccc2)cc1O. The Balaban J connectivity index is 1.97. The molecule has 1 heterocycles. The molecular weight excluding hydrogens is 268 g/mol. The van der Waals surface area contributed by atoms with Gasteiger partial charge in [-0.25, -0.2) is 4.68 Å². The number of carbonyl (C=O) groups is 1. The molecule has 6 nitrogen and oxygen atoms in total. The number of carbonyl (C=O) groups excluding carboxylic acids is 1. The molecule has 0 saturated carbocycles. The first-order valence-corrected chi connectivity index (χ1v) is 7.05. The third-order valence-corrected chi connectivity index (χ3v) is 2.94. The molecule has 0 saturated heterocycles. The van der Waals surface area contributed by atoms with E-state index < -0.39 is 0 Å². The molecule has 112 valence electrons. The van der Waals surface area contributed by atoms with Gasteiger partial charge in [-0.2, -0.15) is 5.10 Å². The molecular formula is C15H20N4O2. The van der Waals surface area contributed by atoms with Gasteiger partial charge in [-0.1, -0.05) is 25.1 Å². The van der Waals surface area contributed by atoms with Crippen LogP contribution in [0.1, 0.15) is 23.8 Å². The molecule has 0 atom stereocenters. The van der Waals surface area contributed by atoms with Crippen LogP contribution in [0, 0.1) is 0 Å². The van der Waals surface area contributed by atoms with Crippen LogP contribution < -0.4 is 10.6 Å². The van der Waals surface area contributed by atoms with E-state index in [1.165, 1.54) is 10.9 Å². The van der Waals surface area contributed by atoms with Gasteiger partial charge in [0.2, 0.25) is 0 Å². The van der Waals surface area contributed by atoms with Crippen molar-refractivity contribution in [1.82, 2.24) is 20.4 Å². The summed E-state index contributed by atoms with van der Waals surface area (Å²) in [4.78, 5) is 12.0. The Bertz CT molecular complexity index is 581. The molecule has 0 spiro atoms. The van der Waals surface area contributed by atoms with Gasteiger partial charge in [0.05, 0.1) is 11.9 Å². The summed E-state index contributed by atoms with van der Waals surface area (Å²) < 4.78 is 1.49. The zero-order chi connectivity index (χ0) is 15.1. The monoisotopic (exact) mass is 288 g/mol. The van der Waals surface area contributed by atoms with Crippen molar-refractivity contribution in [2.24, 2.45) is 0 Å². The van der Waals surface area contributed by atoms with Gasteiger partial charge in [0.1, 0.15) is 0 Å². The van der Waals surface area contributed by atoms with E-state index in [9.17, 15) is 9.90 Å². The Morgan fingerprint density at radius 1 is 1.24 bits per heavy atom. The number of nitrogens with one attached hydrogen (secondary N) is 2. The minimum atomic E-state index is -0.375. The van der Waals surface area contributed by atoms with E-state index in [0.29, 0.717) is 13.1 Å². The fraction of sp³-hybridized carbons (Fsp3) is 0.333. The molecule has 3 N–H and O–H groups in total. The second-order valence-electron chi connectivity index (χ2n) is 4.65. The number of benzene rings is 1. The van der Waals surface area contributed by atoms with Crippen LogP contribution in [0.15, 0.2) is 36.5 Å². The molecule has 0 unspecified atom stereocenters. The van der Waals surface area contributed by atoms with Crippen LogP contribution in [-0.4, -0.2) is 40.4 Å². The van der Waals surface area contributed by atoms with Crippen molar-refractivity contribution >= 4 is 5.91 Å². The van der Waals surface area contributed by atoms with Crippen molar-refractivity contribution in [2.75, 3.05) is 19.6 Å². The summed E-state index contributed by atoms with van der Waals surface area (Å²) in [5, 5.41) is 19.9. The second-order valence-corrected chi connectivity index (χ2v) is 4.65. The number of amides is 1. The predicted octanol–water partition coefficient (Wildman–Crippen LogP) is 1.31. The Labute approximate surface area is 123 Å². The standard InChI is InChI=1S/C15H20N4O2/c1-2-8-16-9-10-17-15(21)14-13(20)11-19(18-14)12-6-4-3-5-7-12/h3-7,11,16,20H,2,8-10H2,1H3,(H,17,21). The first-order valence-electron chi connectivity index (χ1n) is 7.05. The maximum atomic E-state index is 12.0. The largest absolute Gasteiger partial charge is 0.504 e. The smallest absolute Gasteiger partial charge is 0.275 e. The zero-order valence-electron chi connectivity index (χ0n) is 12.0. The Morgan fingerprint density at radius 2 is 2.00 bits per heavy atom. The molecule has 21 heavy (non-hydrogen) atoms. The molecule has 6 heteroatoms. The van der Waals surface area contributed by atoms with Crippen molar-refractivity contribution in [2.45, 2.75) is 13.3 Å². The number of aromatic nitrogens is 2. The van der Waals surface area contributed by atoms with E-state index >= 15 is 0 Å². The van der Waals surface area contributed by atoms with Crippen LogP contribution in [0.4, 0.5) is 0 Å². The van der Waals surface area contributed by atoms with Gasteiger partial charge in [0, 0.05) is 13.1 Å². The van der Waals surface area contributed by atoms with Gasteiger partial charge in [-0.05, 0) is 25.1 Å². The molecule has 2 aromatic rings. The molecule has 1 amide bonds. The second kappa shape index (κ2) is 7.44. The number of nitrogens with zero attached hydrogens (tertiary/aromatic N) is 2. The summed E-state index contributed by atoms with van der Waals surface area (Å²) in [5.41, 5.74) is 0.825. The molecule has 0 aliphatic heterocycles. The molecule has 1 aromatic heterocycles. The lowest BCUT2D eigenvalue weighted by atomic mass is 10.3. The lowest BCUT2D eigenvalue weighted by Gasteiger charge is -2.04. The number of hydrogen-bond donors (Lipinski definition) is 3. The topological polar surface area (TPSA) is 79.2 Å². The quantitative estimate of drug-likeness (QED) is 0.671. The number of rotatable bonds is 7. The average molecular weight is 288 g/mol. The fourth-order valence-corrected chi connectivity index (χ4v) is 1.89. The summed E-state index contributed by atoms with van der Waals surface area (Å²) in [6.07, 6.45) is 2.48. The molecule has 0 fully saturated rings. The number of para-hydroxylation sites is 1. The maximum Gasteiger partial charge on any atom is 0.275 e. The van der Waals surface area contributed by atoms with E-state index in [-0.39, 0.29) is 17.4 Å². The third-order valence-electron chi connectivity index (χ3n) is 2.94.